The summed E-state index contributed by atoms with van der Waals surface area (Å²) in [5, 5.41) is 2.71. The van der Waals surface area contributed by atoms with Gasteiger partial charge in [-0.3, -0.25) is 4.79 Å². The van der Waals surface area contributed by atoms with Gasteiger partial charge in [-0.05, 0) is 39.7 Å². The fraction of sp³-hybridized carbons (Fsp3) is 0.529. The molecule has 5 nitrogen and oxygen atoms in total. The number of methoxy groups -OCH3 is 1. The molecule has 0 aliphatic carbocycles. The topological polar surface area (TPSA) is 64.6 Å². The second-order valence-electron chi connectivity index (χ2n) is 6.25. The Balaban J connectivity index is 2.75. The van der Waals surface area contributed by atoms with E-state index in [2.05, 4.69) is 5.32 Å². The van der Waals surface area contributed by atoms with E-state index in [-0.39, 0.29) is 5.97 Å². The lowest BCUT2D eigenvalue weighted by molar-refractivity contribution is -0.146. The molecular weight excluding hydrogens is 282 g/mol. The van der Waals surface area contributed by atoms with Crippen LogP contribution in [0.5, 0.6) is 0 Å². The molecule has 122 valence electrons. The molecule has 0 bridgehead atoms. The van der Waals surface area contributed by atoms with E-state index in [0.29, 0.717) is 6.42 Å². The molecule has 0 spiro atoms. The number of rotatable bonds is 5. The summed E-state index contributed by atoms with van der Waals surface area (Å²) in [4.78, 5) is 23.9. The fourth-order valence-corrected chi connectivity index (χ4v) is 2.08. The Morgan fingerprint density at radius 2 is 1.77 bits per heavy atom. The number of alkyl carbamates (subject to hydrolysis) is 1. The SMILES string of the molecule is COC(=O)[C@H](Cc1ccccc1)[C@H](C)NC(=O)OC(C)(C)C. The van der Waals surface area contributed by atoms with Gasteiger partial charge in [0.05, 0.1) is 13.0 Å². The normalized spacial score (nSPS) is 13.9. The maximum atomic E-state index is 12.0. The number of hydrogen-bond acceptors (Lipinski definition) is 4. The summed E-state index contributed by atoms with van der Waals surface area (Å²) in [6.45, 7) is 7.14. The van der Waals surface area contributed by atoms with Gasteiger partial charge in [0.25, 0.3) is 0 Å². The van der Waals surface area contributed by atoms with Gasteiger partial charge in [-0.15, -0.1) is 0 Å². The van der Waals surface area contributed by atoms with E-state index in [1.165, 1.54) is 7.11 Å². The Bertz CT molecular complexity index is 493. The van der Waals surface area contributed by atoms with Crippen LogP contribution in [0, 0.1) is 5.92 Å². The van der Waals surface area contributed by atoms with Crippen molar-refractivity contribution in [3.63, 3.8) is 0 Å². The molecule has 1 aromatic carbocycles. The highest BCUT2D eigenvalue weighted by Gasteiger charge is 2.29. The van der Waals surface area contributed by atoms with Crippen LogP contribution < -0.4 is 5.32 Å². The minimum absolute atomic E-state index is 0.354. The minimum Gasteiger partial charge on any atom is -0.469 e. The van der Waals surface area contributed by atoms with Gasteiger partial charge in [0.15, 0.2) is 0 Å². The molecular formula is C17H25NO4. The third kappa shape index (κ3) is 6.16. The zero-order chi connectivity index (χ0) is 16.8. The van der Waals surface area contributed by atoms with Crippen molar-refractivity contribution in [3.05, 3.63) is 35.9 Å². The van der Waals surface area contributed by atoms with Crippen LogP contribution in [-0.2, 0) is 20.7 Å². The van der Waals surface area contributed by atoms with Gasteiger partial charge in [-0.25, -0.2) is 4.79 Å². The third-order valence-corrected chi connectivity index (χ3v) is 3.15. The highest BCUT2D eigenvalue weighted by molar-refractivity contribution is 5.75. The van der Waals surface area contributed by atoms with Crippen LogP contribution in [0.4, 0.5) is 4.79 Å². The molecule has 1 N–H and O–H groups in total. The van der Waals surface area contributed by atoms with E-state index in [1.54, 1.807) is 27.7 Å². The maximum Gasteiger partial charge on any atom is 0.407 e. The summed E-state index contributed by atoms with van der Waals surface area (Å²) >= 11 is 0. The average molecular weight is 307 g/mol. The lowest BCUT2D eigenvalue weighted by Gasteiger charge is -2.25. The first-order valence-corrected chi connectivity index (χ1v) is 7.34. The monoisotopic (exact) mass is 307 g/mol. The van der Waals surface area contributed by atoms with Crippen LogP contribution >= 0.6 is 0 Å². The lowest BCUT2D eigenvalue weighted by atomic mass is 9.93. The second kappa shape index (κ2) is 7.82. The zero-order valence-corrected chi connectivity index (χ0v) is 13.9. The van der Waals surface area contributed by atoms with Crippen molar-refractivity contribution in [2.75, 3.05) is 7.11 Å². The molecule has 5 heteroatoms. The van der Waals surface area contributed by atoms with Gasteiger partial charge in [0.2, 0.25) is 0 Å². The number of benzene rings is 1. The van der Waals surface area contributed by atoms with Gasteiger partial charge in [0, 0.05) is 6.04 Å². The molecule has 2 atom stereocenters. The van der Waals surface area contributed by atoms with E-state index in [0.717, 1.165) is 5.56 Å². The van der Waals surface area contributed by atoms with Crippen LogP contribution in [0.15, 0.2) is 30.3 Å². The predicted octanol–water partition coefficient (Wildman–Crippen LogP) is 2.93. The molecule has 1 aromatic rings. The van der Waals surface area contributed by atoms with Crippen LogP contribution in [0.25, 0.3) is 0 Å². The van der Waals surface area contributed by atoms with Crippen molar-refractivity contribution in [2.24, 2.45) is 5.92 Å². The molecule has 0 saturated carbocycles. The van der Waals surface area contributed by atoms with E-state index in [9.17, 15) is 9.59 Å². The Morgan fingerprint density at radius 1 is 1.18 bits per heavy atom. The fourth-order valence-electron chi connectivity index (χ4n) is 2.08. The second-order valence-corrected chi connectivity index (χ2v) is 6.25. The number of nitrogens with one attached hydrogen (secondary N) is 1. The maximum absolute atomic E-state index is 12.0. The molecule has 1 rings (SSSR count). The molecule has 0 heterocycles. The van der Waals surface area contributed by atoms with Crippen molar-refractivity contribution >= 4 is 12.1 Å². The van der Waals surface area contributed by atoms with Crippen molar-refractivity contribution in [2.45, 2.75) is 45.8 Å². The molecule has 0 aromatic heterocycles. The molecule has 0 fully saturated rings. The standard InChI is InChI=1S/C17H25NO4/c1-12(18-16(20)22-17(2,3)4)14(15(19)21-5)11-13-9-7-6-8-10-13/h6-10,12,14H,11H2,1-5H3,(H,18,20)/t12-,14+/m0/s1. The van der Waals surface area contributed by atoms with Crippen LogP contribution in [0.3, 0.4) is 0 Å². The number of carbonyl (C=O) groups excluding carboxylic acids is 2. The molecule has 1 amide bonds. The first-order valence-electron chi connectivity index (χ1n) is 7.34. The van der Waals surface area contributed by atoms with Crippen LogP contribution in [0.1, 0.15) is 33.3 Å². The van der Waals surface area contributed by atoms with Crippen molar-refractivity contribution in [3.8, 4) is 0 Å². The quantitative estimate of drug-likeness (QED) is 0.850. The first kappa shape index (κ1) is 18.0. The highest BCUT2D eigenvalue weighted by atomic mass is 16.6. The smallest absolute Gasteiger partial charge is 0.407 e. The van der Waals surface area contributed by atoms with Crippen molar-refractivity contribution in [1.29, 1.82) is 0 Å². The number of ether oxygens (including phenoxy) is 2. The average Bonchev–Trinajstić information content (AvgIpc) is 2.42. The van der Waals surface area contributed by atoms with Gasteiger partial charge in [-0.1, -0.05) is 30.3 Å². The molecule has 0 aliphatic heterocycles. The van der Waals surface area contributed by atoms with Crippen LogP contribution in [-0.4, -0.2) is 30.8 Å². The number of hydrogen-bond donors (Lipinski definition) is 1. The summed E-state index contributed by atoms with van der Waals surface area (Å²) in [7, 11) is 1.35. The number of amides is 1. The Labute approximate surface area is 132 Å². The van der Waals surface area contributed by atoms with Crippen LogP contribution in [0.2, 0.25) is 0 Å². The summed E-state index contributed by atoms with van der Waals surface area (Å²) in [5.41, 5.74) is 0.431. The Hall–Kier alpha value is -2.04. The van der Waals surface area contributed by atoms with Crippen molar-refractivity contribution < 1.29 is 19.1 Å². The van der Waals surface area contributed by atoms with Gasteiger partial charge >= 0.3 is 12.1 Å². The van der Waals surface area contributed by atoms with Gasteiger partial charge in [-0.2, -0.15) is 0 Å². The Morgan fingerprint density at radius 3 is 2.27 bits per heavy atom. The van der Waals surface area contributed by atoms with Gasteiger partial charge in [0.1, 0.15) is 5.60 Å². The van der Waals surface area contributed by atoms with E-state index < -0.39 is 23.7 Å². The Kier molecular flexibility index (Phi) is 6.40. The lowest BCUT2D eigenvalue weighted by Crippen LogP contribution is -2.44. The summed E-state index contributed by atoms with van der Waals surface area (Å²) in [6, 6.07) is 9.22. The van der Waals surface area contributed by atoms with E-state index >= 15 is 0 Å². The summed E-state index contributed by atoms with van der Waals surface area (Å²) in [5.74, 6) is -0.827. The number of esters is 1. The molecule has 0 radical (unpaired) electrons. The minimum atomic E-state index is -0.579. The van der Waals surface area contributed by atoms with Gasteiger partial charge < -0.3 is 14.8 Å². The third-order valence-electron chi connectivity index (χ3n) is 3.15. The van der Waals surface area contributed by atoms with Crippen molar-refractivity contribution in [1.82, 2.24) is 5.32 Å². The number of carbonyl (C=O) groups is 2. The first-order chi connectivity index (χ1) is 10.2. The molecule has 0 unspecified atom stereocenters. The molecule has 0 aliphatic rings. The molecule has 0 saturated heterocycles. The van der Waals surface area contributed by atoms with E-state index in [4.69, 9.17) is 9.47 Å². The largest absolute Gasteiger partial charge is 0.469 e. The summed E-state index contributed by atoms with van der Waals surface area (Å²) in [6.07, 6.45) is -0.0493. The van der Waals surface area contributed by atoms with E-state index in [1.807, 2.05) is 30.3 Å². The molecule has 22 heavy (non-hydrogen) atoms. The summed E-state index contributed by atoms with van der Waals surface area (Å²) < 4.78 is 10.1. The highest BCUT2D eigenvalue weighted by Crippen LogP contribution is 2.15. The predicted molar refractivity (Wildman–Crippen MR) is 84.5 cm³/mol. The zero-order valence-electron chi connectivity index (χ0n) is 13.9.